The summed E-state index contributed by atoms with van der Waals surface area (Å²) in [5.41, 5.74) is 0. The van der Waals surface area contributed by atoms with Crippen LogP contribution in [0.3, 0.4) is 0 Å². The van der Waals surface area contributed by atoms with E-state index in [1.165, 1.54) is 6.08 Å². The highest BCUT2D eigenvalue weighted by molar-refractivity contribution is 5.80. The molecule has 0 unspecified atom stereocenters. The highest BCUT2D eigenvalue weighted by Crippen LogP contribution is 1.99. The van der Waals surface area contributed by atoms with E-state index in [1.54, 1.807) is 12.2 Å². The second-order valence-electron chi connectivity index (χ2n) is 4.39. The molecule has 0 aliphatic rings. The number of carbonyl (C=O) groups is 1. The first kappa shape index (κ1) is 19.6. The molecule has 0 atom stereocenters. The van der Waals surface area contributed by atoms with Crippen molar-refractivity contribution in [1.29, 1.82) is 0 Å². The number of hydrogen-bond acceptors (Lipinski definition) is 1. The van der Waals surface area contributed by atoms with Gasteiger partial charge in [-0.15, -0.1) is 11.8 Å². The van der Waals surface area contributed by atoms with Gasteiger partial charge in [0.1, 0.15) is 0 Å². The van der Waals surface area contributed by atoms with E-state index >= 15 is 0 Å². The molecule has 0 saturated heterocycles. The summed E-state index contributed by atoms with van der Waals surface area (Å²) in [6.45, 7) is 2.07. The number of rotatable bonds is 8. The molecule has 0 bridgehead atoms. The van der Waals surface area contributed by atoms with E-state index in [9.17, 15) is 4.79 Å². The van der Waals surface area contributed by atoms with Gasteiger partial charge in [-0.05, 0) is 25.3 Å². The van der Waals surface area contributed by atoms with Gasteiger partial charge in [-0.1, -0.05) is 55.2 Å². The minimum absolute atomic E-state index is 0.684. The van der Waals surface area contributed by atoms with Crippen LogP contribution in [0.25, 0.3) is 0 Å². The fraction of sp³-hybridized carbons (Fsp3) is 0.350. The third-order valence-electron chi connectivity index (χ3n) is 2.46. The lowest BCUT2D eigenvalue weighted by Gasteiger charge is -1.89. The predicted molar refractivity (Wildman–Crippen MR) is 93.1 cm³/mol. The van der Waals surface area contributed by atoms with Crippen molar-refractivity contribution in [3.05, 3.63) is 48.6 Å². The fourth-order valence-electron chi connectivity index (χ4n) is 1.42. The average Bonchev–Trinajstić information content (AvgIpc) is 2.50. The van der Waals surface area contributed by atoms with Gasteiger partial charge >= 0.3 is 5.97 Å². The maximum Gasteiger partial charge on any atom is 0.328 e. The molecule has 22 heavy (non-hydrogen) atoms. The van der Waals surface area contributed by atoms with Crippen LogP contribution >= 0.6 is 0 Å². The zero-order chi connectivity index (χ0) is 16.3. The SMILES string of the molecule is CCC#CCCCCC=CC#CCC=CC=CC=CC(=O)O. The number of aliphatic carboxylic acids is 1. The third-order valence-corrected chi connectivity index (χ3v) is 2.46. The molecule has 2 nitrogen and oxygen atoms in total. The molecule has 0 aromatic carbocycles. The van der Waals surface area contributed by atoms with Crippen molar-refractivity contribution in [2.75, 3.05) is 0 Å². The van der Waals surface area contributed by atoms with Crippen molar-refractivity contribution >= 4 is 5.97 Å². The lowest BCUT2D eigenvalue weighted by atomic mass is 10.2. The van der Waals surface area contributed by atoms with E-state index in [2.05, 4.69) is 36.7 Å². The Bertz CT molecular complexity index is 526. The van der Waals surface area contributed by atoms with Crippen LogP contribution in [-0.4, -0.2) is 11.1 Å². The van der Waals surface area contributed by atoms with Gasteiger partial charge in [-0.2, -0.15) is 0 Å². The number of hydrogen-bond donors (Lipinski definition) is 1. The Morgan fingerprint density at radius 3 is 2.59 bits per heavy atom. The Morgan fingerprint density at radius 2 is 1.82 bits per heavy atom. The minimum Gasteiger partial charge on any atom is -0.478 e. The molecule has 0 fully saturated rings. The lowest BCUT2D eigenvalue weighted by Crippen LogP contribution is -1.84. The van der Waals surface area contributed by atoms with E-state index < -0.39 is 5.97 Å². The molecule has 116 valence electrons. The van der Waals surface area contributed by atoms with Gasteiger partial charge in [-0.25, -0.2) is 4.79 Å². The van der Waals surface area contributed by atoms with Gasteiger partial charge in [0.25, 0.3) is 0 Å². The Kier molecular flexibility index (Phi) is 14.8. The second kappa shape index (κ2) is 16.6. The molecule has 0 aromatic rings. The normalized spacial score (nSPS) is 11.0. The smallest absolute Gasteiger partial charge is 0.328 e. The minimum atomic E-state index is -0.944. The average molecular weight is 296 g/mol. The van der Waals surface area contributed by atoms with E-state index in [-0.39, 0.29) is 0 Å². The molecule has 1 N–H and O–H groups in total. The zero-order valence-corrected chi connectivity index (χ0v) is 13.2. The molecule has 0 aromatic heterocycles. The molecule has 0 aliphatic heterocycles. The molecule has 0 aliphatic carbocycles. The summed E-state index contributed by atoms with van der Waals surface area (Å²) in [5.74, 6) is 11.3. The number of carboxylic acid groups (broad SMARTS) is 1. The summed E-state index contributed by atoms with van der Waals surface area (Å²) < 4.78 is 0. The Balaban J connectivity index is 3.63. The standard InChI is InChI=1S/C20H24O2/c1-2-3-4-5-6-7-8-9-10-11-12-13-14-15-16-17-18-19-20(21)22/h9-10,14-19H,2,5-8,13H2,1H3,(H,21,22). The molecule has 0 heterocycles. The molecule has 0 saturated carbocycles. The summed E-state index contributed by atoms with van der Waals surface area (Å²) >= 11 is 0. The monoisotopic (exact) mass is 296 g/mol. The van der Waals surface area contributed by atoms with Crippen LogP contribution in [0, 0.1) is 23.7 Å². The highest BCUT2D eigenvalue weighted by Gasteiger charge is 1.82. The third kappa shape index (κ3) is 17.6. The van der Waals surface area contributed by atoms with Crippen LogP contribution in [0.15, 0.2) is 48.6 Å². The first-order chi connectivity index (χ1) is 10.8. The number of allylic oxidation sites excluding steroid dienone is 7. The van der Waals surface area contributed by atoms with Gasteiger partial charge in [0.2, 0.25) is 0 Å². The summed E-state index contributed by atoms with van der Waals surface area (Å²) in [6, 6.07) is 0. The van der Waals surface area contributed by atoms with Gasteiger partial charge in [0.15, 0.2) is 0 Å². The van der Waals surface area contributed by atoms with Crippen LogP contribution in [0.2, 0.25) is 0 Å². The first-order valence-corrected chi connectivity index (χ1v) is 7.59. The molecule has 0 rings (SSSR count). The van der Waals surface area contributed by atoms with E-state index in [0.717, 1.165) is 38.2 Å². The van der Waals surface area contributed by atoms with Crippen molar-refractivity contribution in [2.24, 2.45) is 0 Å². The van der Waals surface area contributed by atoms with Gasteiger partial charge in [0, 0.05) is 25.3 Å². The van der Waals surface area contributed by atoms with Crippen LogP contribution in [0.5, 0.6) is 0 Å². The number of carboxylic acids is 1. The fourth-order valence-corrected chi connectivity index (χ4v) is 1.42. The van der Waals surface area contributed by atoms with E-state index in [4.69, 9.17) is 5.11 Å². The van der Waals surface area contributed by atoms with Crippen LogP contribution in [0.1, 0.15) is 45.4 Å². The second-order valence-corrected chi connectivity index (χ2v) is 4.39. The molecule has 0 radical (unpaired) electrons. The molecular weight excluding hydrogens is 272 g/mol. The van der Waals surface area contributed by atoms with Gasteiger partial charge in [0.05, 0.1) is 0 Å². The van der Waals surface area contributed by atoms with Crippen LogP contribution in [0.4, 0.5) is 0 Å². The first-order valence-electron chi connectivity index (χ1n) is 7.59. The van der Waals surface area contributed by atoms with Gasteiger partial charge in [-0.3, -0.25) is 0 Å². The maximum atomic E-state index is 10.2. The Labute approximate surface area is 134 Å². The largest absolute Gasteiger partial charge is 0.478 e. The predicted octanol–water partition coefficient (Wildman–Crippen LogP) is 4.66. The summed E-state index contributed by atoms with van der Waals surface area (Å²) in [4.78, 5) is 10.2. The van der Waals surface area contributed by atoms with Crippen molar-refractivity contribution in [3.63, 3.8) is 0 Å². The van der Waals surface area contributed by atoms with Crippen LogP contribution in [-0.2, 0) is 4.79 Å². The molecular formula is C20H24O2. The zero-order valence-electron chi connectivity index (χ0n) is 13.2. The Hall–Kier alpha value is -2.45. The lowest BCUT2D eigenvalue weighted by molar-refractivity contribution is -0.131. The number of unbranched alkanes of at least 4 members (excludes halogenated alkanes) is 3. The van der Waals surface area contributed by atoms with Gasteiger partial charge < -0.3 is 5.11 Å². The summed E-state index contributed by atoms with van der Waals surface area (Å²) in [6.07, 6.45) is 19.8. The van der Waals surface area contributed by atoms with E-state index in [1.807, 2.05) is 18.2 Å². The van der Waals surface area contributed by atoms with Crippen molar-refractivity contribution < 1.29 is 9.90 Å². The molecule has 0 spiro atoms. The van der Waals surface area contributed by atoms with Crippen molar-refractivity contribution in [2.45, 2.75) is 45.4 Å². The quantitative estimate of drug-likeness (QED) is 0.306. The Morgan fingerprint density at radius 1 is 1.00 bits per heavy atom. The van der Waals surface area contributed by atoms with Crippen molar-refractivity contribution in [1.82, 2.24) is 0 Å². The summed E-state index contributed by atoms with van der Waals surface area (Å²) in [7, 11) is 0. The molecule has 0 amide bonds. The molecule has 2 heteroatoms. The van der Waals surface area contributed by atoms with Crippen molar-refractivity contribution in [3.8, 4) is 23.7 Å². The highest BCUT2D eigenvalue weighted by atomic mass is 16.4. The summed E-state index contributed by atoms with van der Waals surface area (Å²) in [5, 5.41) is 8.37. The topological polar surface area (TPSA) is 37.3 Å². The van der Waals surface area contributed by atoms with Crippen LogP contribution < -0.4 is 0 Å². The van der Waals surface area contributed by atoms with E-state index in [0.29, 0.717) is 6.42 Å². The maximum absolute atomic E-state index is 10.2.